The van der Waals surface area contributed by atoms with Crippen molar-refractivity contribution >= 4 is 21.8 Å². The van der Waals surface area contributed by atoms with Crippen LogP contribution in [0.5, 0.6) is 11.5 Å². The van der Waals surface area contributed by atoms with Gasteiger partial charge in [-0.3, -0.25) is 9.59 Å². The van der Waals surface area contributed by atoms with Crippen LogP contribution in [0.3, 0.4) is 0 Å². The van der Waals surface area contributed by atoms with Gasteiger partial charge in [-0.1, -0.05) is 0 Å². The van der Waals surface area contributed by atoms with Crippen molar-refractivity contribution in [3.8, 4) is 11.5 Å². The number of rotatable bonds is 9. The van der Waals surface area contributed by atoms with E-state index in [1.807, 2.05) is 0 Å². The van der Waals surface area contributed by atoms with Gasteiger partial charge in [0.05, 0.1) is 26.9 Å². The van der Waals surface area contributed by atoms with Gasteiger partial charge in [0.1, 0.15) is 17.5 Å². The first kappa shape index (κ1) is 21.0. The van der Waals surface area contributed by atoms with Crippen LogP contribution in [0, 0.1) is 0 Å². The van der Waals surface area contributed by atoms with Crippen molar-refractivity contribution in [1.29, 1.82) is 0 Å². The van der Waals surface area contributed by atoms with Gasteiger partial charge >= 0.3 is 0 Å². The first-order chi connectivity index (χ1) is 12.7. The third-order valence-electron chi connectivity index (χ3n) is 4.20. The van der Waals surface area contributed by atoms with Crippen LogP contribution in [0.1, 0.15) is 12.0 Å². The van der Waals surface area contributed by atoms with Crippen molar-refractivity contribution in [3.05, 3.63) is 23.8 Å². The van der Waals surface area contributed by atoms with Crippen LogP contribution < -0.4 is 19.5 Å². The summed E-state index contributed by atoms with van der Waals surface area (Å²) in [6.07, 6.45) is 1.56. The molecule has 2 N–H and O–H groups in total. The van der Waals surface area contributed by atoms with E-state index in [1.54, 1.807) is 25.3 Å². The molecule has 1 saturated heterocycles. The van der Waals surface area contributed by atoms with Gasteiger partial charge in [-0.05, 0) is 24.6 Å². The predicted octanol–water partition coefficient (Wildman–Crippen LogP) is -0.487. The Hall–Kier alpha value is -2.33. The van der Waals surface area contributed by atoms with Gasteiger partial charge in [0.15, 0.2) is 0 Å². The van der Waals surface area contributed by atoms with Gasteiger partial charge in [-0.25, -0.2) is 13.1 Å². The van der Waals surface area contributed by atoms with E-state index in [4.69, 9.17) is 9.47 Å². The molecule has 1 atom stereocenters. The molecule has 2 rings (SSSR count). The predicted molar refractivity (Wildman–Crippen MR) is 99.2 cm³/mol. The maximum atomic E-state index is 12.2. The highest BCUT2D eigenvalue weighted by atomic mass is 32.2. The summed E-state index contributed by atoms with van der Waals surface area (Å²) in [5.74, 6) is 0.740. The monoisotopic (exact) mass is 399 g/mol. The SMILES string of the molecule is COc1ccc(OC)c(CC(=O)NCCN2CCC(NS(C)(=O)=O)C2=O)c1. The summed E-state index contributed by atoms with van der Waals surface area (Å²) in [5.41, 5.74) is 0.698. The maximum Gasteiger partial charge on any atom is 0.240 e. The minimum Gasteiger partial charge on any atom is -0.497 e. The van der Waals surface area contributed by atoms with Gasteiger partial charge in [0.2, 0.25) is 21.8 Å². The molecule has 1 aromatic carbocycles. The molecule has 0 saturated carbocycles. The molecule has 9 nitrogen and oxygen atoms in total. The van der Waals surface area contributed by atoms with Gasteiger partial charge < -0.3 is 19.7 Å². The Morgan fingerprint density at radius 1 is 1.30 bits per heavy atom. The zero-order valence-electron chi connectivity index (χ0n) is 15.6. The standard InChI is InChI=1S/C17H25N3O6S/c1-25-13-4-5-15(26-2)12(10-13)11-16(21)18-7-9-20-8-6-14(17(20)22)19-27(3,23)24/h4-5,10,14,19H,6-9,11H2,1-3H3,(H,18,21). The number of hydrogen-bond donors (Lipinski definition) is 2. The Labute approximate surface area is 159 Å². The van der Waals surface area contributed by atoms with Gasteiger partial charge in [-0.2, -0.15) is 0 Å². The largest absolute Gasteiger partial charge is 0.497 e. The zero-order valence-corrected chi connectivity index (χ0v) is 16.5. The lowest BCUT2D eigenvalue weighted by atomic mass is 10.1. The number of hydrogen-bond acceptors (Lipinski definition) is 6. The number of nitrogens with one attached hydrogen (secondary N) is 2. The molecule has 1 unspecified atom stereocenters. The van der Waals surface area contributed by atoms with E-state index in [9.17, 15) is 18.0 Å². The number of carbonyl (C=O) groups excluding carboxylic acids is 2. The van der Waals surface area contributed by atoms with E-state index < -0.39 is 16.1 Å². The molecule has 0 spiro atoms. The summed E-state index contributed by atoms with van der Waals surface area (Å²) in [4.78, 5) is 25.9. The lowest BCUT2D eigenvalue weighted by Crippen LogP contribution is -2.43. The molecule has 10 heteroatoms. The smallest absolute Gasteiger partial charge is 0.240 e. The molecule has 1 aliphatic heterocycles. The maximum absolute atomic E-state index is 12.2. The Morgan fingerprint density at radius 3 is 2.67 bits per heavy atom. The molecule has 0 bridgehead atoms. The second-order valence-electron chi connectivity index (χ2n) is 6.26. The number of likely N-dealkylation sites (tertiary alicyclic amines) is 1. The first-order valence-electron chi connectivity index (χ1n) is 8.47. The molecule has 0 radical (unpaired) electrons. The lowest BCUT2D eigenvalue weighted by molar-refractivity contribution is -0.129. The van der Waals surface area contributed by atoms with Crippen LogP contribution in [-0.4, -0.2) is 71.3 Å². The fraction of sp³-hybridized carbons (Fsp3) is 0.529. The van der Waals surface area contributed by atoms with E-state index in [0.29, 0.717) is 36.6 Å². The van der Waals surface area contributed by atoms with Crippen molar-refractivity contribution in [2.24, 2.45) is 0 Å². The van der Waals surface area contributed by atoms with E-state index in [0.717, 1.165) is 6.26 Å². The highest BCUT2D eigenvalue weighted by molar-refractivity contribution is 7.88. The molecular formula is C17H25N3O6S. The number of nitrogens with zero attached hydrogens (tertiary/aromatic N) is 1. The van der Waals surface area contributed by atoms with E-state index in [1.165, 1.54) is 12.0 Å². The topological polar surface area (TPSA) is 114 Å². The van der Waals surface area contributed by atoms with Crippen LogP contribution in [0.2, 0.25) is 0 Å². The van der Waals surface area contributed by atoms with Crippen LogP contribution in [0.15, 0.2) is 18.2 Å². The molecule has 0 aromatic heterocycles. The summed E-state index contributed by atoms with van der Waals surface area (Å²) in [6.45, 7) is 1.05. The van der Waals surface area contributed by atoms with Crippen molar-refractivity contribution in [3.63, 3.8) is 0 Å². The Bertz CT molecular complexity index is 796. The fourth-order valence-electron chi connectivity index (χ4n) is 2.91. The molecule has 1 fully saturated rings. The third kappa shape index (κ3) is 6.10. The highest BCUT2D eigenvalue weighted by Crippen LogP contribution is 2.24. The molecule has 150 valence electrons. The Balaban J connectivity index is 1.82. The number of amides is 2. The van der Waals surface area contributed by atoms with Crippen LogP contribution in [-0.2, 0) is 26.0 Å². The Kier molecular flexibility index (Phi) is 7.03. The third-order valence-corrected chi connectivity index (χ3v) is 4.91. The van der Waals surface area contributed by atoms with Crippen molar-refractivity contribution < 1.29 is 27.5 Å². The molecule has 27 heavy (non-hydrogen) atoms. The van der Waals surface area contributed by atoms with Crippen LogP contribution in [0.4, 0.5) is 0 Å². The van der Waals surface area contributed by atoms with Gasteiger partial charge in [0, 0.05) is 25.2 Å². The molecular weight excluding hydrogens is 374 g/mol. The summed E-state index contributed by atoms with van der Waals surface area (Å²) >= 11 is 0. The van der Waals surface area contributed by atoms with Crippen molar-refractivity contribution in [1.82, 2.24) is 14.9 Å². The highest BCUT2D eigenvalue weighted by Gasteiger charge is 2.33. The minimum atomic E-state index is -3.43. The molecule has 0 aliphatic carbocycles. The number of carbonyl (C=O) groups is 2. The zero-order chi connectivity index (χ0) is 20.0. The summed E-state index contributed by atoms with van der Waals surface area (Å²) in [5, 5.41) is 2.76. The molecule has 1 aliphatic rings. The minimum absolute atomic E-state index is 0.118. The summed E-state index contributed by atoms with van der Waals surface area (Å²) in [6, 6.07) is 4.50. The van der Waals surface area contributed by atoms with Gasteiger partial charge in [-0.15, -0.1) is 0 Å². The quantitative estimate of drug-likeness (QED) is 0.579. The lowest BCUT2D eigenvalue weighted by Gasteiger charge is -2.17. The fourth-order valence-corrected chi connectivity index (χ4v) is 3.65. The van der Waals surface area contributed by atoms with E-state index in [2.05, 4.69) is 10.0 Å². The number of benzene rings is 1. The second kappa shape index (κ2) is 9.05. The summed E-state index contributed by atoms with van der Waals surface area (Å²) < 4.78 is 35.2. The number of methoxy groups -OCH3 is 2. The first-order valence-corrected chi connectivity index (χ1v) is 10.4. The van der Waals surface area contributed by atoms with E-state index in [-0.39, 0.29) is 24.8 Å². The normalized spacial score (nSPS) is 17.1. The summed E-state index contributed by atoms with van der Waals surface area (Å²) in [7, 11) is -0.357. The average Bonchev–Trinajstić information content (AvgIpc) is 2.93. The van der Waals surface area contributed by atoms with Crippen molar-refractivity contribution in [2.45, 2.75) is 18.9 Å². The molecule has 1 aromatic rings. The van der Waals surface area contributed by atoms with Crippen LogP contribution >= 0.6 is 0 Å². The van der Waals surface area contributed by atoms with E-state index >= 15 is 0 Å². The van der Waals surface area contributed by atoms with Crippen LogP contribution in [0.25, 0.3) is 0 Å². The molecule has 1 heterocycles. The number of ether oxygens (including phenoxy) is 2. The van der Waals surface area contributed by atoms with Gasteiger partial charge in [0.25, 0.3) is 0 Å². The molecule has 2 amide bonds. The van der Waals surface area contributed by atoms with Crippen molar-refractivity contribution in [2.75, 3.05) is 40.1 Å². The second-order valence-corrected chi connectivity index (χ2v) is 8.04. The number of sulfonamides is 1. The Morgan fingerprint density at radius 2 is 2.04 bits per heavy atom. The average molecular weight is 399 g/mol.